The first-order valence-electron chi connectivity index (χ1n) is 8.48. The molecule has 1 aliphatic rings. The predicted octanol–water partition coefficient (Wildman–Crippen LogP) is 2.48. The van der Waals surface area contributed by atoms with E-state index in [1.165, 1.54) is 0 Å². The van der Waals surface area contributed by atoms with E-state index < -0.39 is 6.10 Å². The van der Waals surface area contributed by atoms with E-state index in [9.17, 15) is 9.90 Å². The molecule has 3 rings (SSSR count). The molecule has 1 aromatic heterocycles. The zero-order chi connectivity index (χ0) is 16.8. The van der Waals surface area contributed by atoms with Crippen LogP contribution in [0.3, 0.4) is 0 Å². The average Bonchev–Trinajstić information content (AvgIpc) is 3.26. The van der Waals surface area contributed by atoms with Crippen LogP contribution < -0.4 is 5.32 Å². The first-order valence-corrected chi connectivity index (χ1v) is 8.48. The van der Waals surface area contributed by atoms with Crippen molar-refractivity contribution >= 4 is 5.91 Å². The minimum Gasteiger partial charge on any atom is -0.467 e. The van der Waals surface area contributed by atoms with Gasteiger partial charge < -0.3 is 14.8 Å². The van der Waals surface area contributed by atoms with Gasteiger partial charge in [-0.05, 0) is 43.5 Å². The van der Waals surface area contributed by atoms with Crippen LogP contribution in [-0.2, 0) is 11.3 Å². The molecule has 1 saturated heterocycles. The number of aliphatic hydroxyl groups excluding tert-OH is 1. The third-order valence-corrected chi connectivity index (χ3v) is 4.57. The lowest BCUT2D eigenvalue weighted by atomic mass is 10.0. The fourth-order valence-electron chi connectivity index (χ4n) is 3.28. The number of aliphatic hydroxyl groups is 1. The highest BCUT2D eigenvalue weighted by Crippen LogP contribution is 2.27. The molecule has 24 heavy (non-hydrogen) atoms. The van der Waals surface area contributed by atoms with Crippen molar-refractivity contribution in [3.05, 3.63) is 60.1 Å². The quantitative estimate of drug-likeness (QED) is 0.819. The second-order valence-corrected chi connectivity index (χ2v) is 6.28. The van der Waals surface area contributed by atoms with Crippen LogP contribution >= 0.6 is 0 Å². The lowest BCUT2D eigenvalue weighted by Crippen LogP contribution is -2.40. The molecule has 5 heteroatoms. The van der Waals surface area contributed by atoms with Crippen LogP contribution in [0.5, 0.6) is 0 Å². The van der Waals surface area contributed by atoms with Crippen LogP contribution in [0.15, 0.2) is 53.1 Å². The molecular formula is C19H24N2O3. The van der Waals surface area contributed by atoms with Gasteiger partial charge in [-0.3, -0.25) is 9.69 Å². The number of rotatable bonds is 7. The zero-order valence-corrected chi connectivity index (χ0v) is 13.7. The van der Waals surface area contributed by atoms with Gasteiger partial charge in [0.05, 0.1) is 25.5 Å². The van der Waals surface area contributed by atoms with Crippen LogP contribution in [0.4, 0.5) is 0 Å². The predicted molar refractivity (Wildman–Crippen MR) is 91.2 cm³/mol. The van der Waals surface area contributed by atoms with Gasteiger partial charge in [-0.1, -0.05) is 30.3 Å². The average molecular weight is 328 g/mol. The van der Waals surface area contributed by atoms with E-state index in [0.717, 1.165) is 30.7 Å². The second-order valence-electron chi connectivity index (χ2n) is 6.28. The fourth-order valence-corrected chi connectivity index (χ4v) is 3.28. The Labute approximate surface area is 142 Å². The molecule has 5 nitrogen and oxygen atoms in total. The number of nitrogens with zero attached hydrogens (tertiary/aromatic N) is 1. The third kappa shape index (κ3) is 4.46. The van der Waals surface area contributed by atoms with Crippen molar-refractivity contribution in [3.8, 4) is 0 Å². The van der Waals surface area contributed by atoms with Crippen LogP contribution in [0.1, 0.15) is 36.7 Å². The molecule has 0 radical (unpaired) electrons. The number of hydrogen-bond acceptors (Lipinski definition) is 4. The number of benzene rings is 1. The highest BCUT2D eigenvalue weighted by Gasteiger charge is 2.28. The third-order valence-electron chi connectivity index (χ3n) is 4.57. The van der Waals surface area contributed by atoms with E-state index in [1.54, 1.807) is 6.26 Å². The summed E-state index contributed by atoms with van der Waals surface area (Å²) in [6, 6.07) is 13.6. The first kappa shape index (κ1) is 16.7. The Morgan fingerprint density at radius 3 is 2.88 bits per heavy atom. The van der Waals surface area contributed by atoms with Gasteiger partial charge in [-0.2, -0.15) is 0 Å². The topological polar surface area (TPSA) is 65.7 Å². The highest BCUT2D eigenvalue weighted by molar-refractivity contribution is 5.78. The number of amides is 1. The second kappa shape index (κ2) is 8.13. The summed E-state index contributed by atoms with van der Waals surface area (Å²) in [5.41, 5.74) is 0.937. The molecule has 0 aliphatic carbocycles. The summed E-state index contributed by atoms with van der Waals surface area (Å²) in [5, 5.41) is 13.3. The molecule has 0 spiro atoms. The Morgan fingerprint density at radius 1 is 1.29 bits per heavy atom. The smallest absolute Gasteiger partial charge is 0.234 e. The minimum absolute atomic E-state index is 0.00694. The molecule has 1 aliphatic heterocycles. The summed E-state index contributed by atoms with van der Waals surface area (Å²) in [7, 11) is 0. The minimum atomic E-state index is -0.483. The molecule has 0 bridgehead atoms. The van der Waals surface area contributed by atoms with Crippen molar-refractivity contribution < 1.29 is 14.3 Å². The molecular weight excluding hydrogens is 304 g/mol. The maximum absolute atomic E-state index is 12.1. The number of furan rings is 1. The zero-order valence-electron chi connectivity index (χ0n) is 13.7. The maximum atomic E-state index is 12.1. The number of carbonyl (C=O) groups excluding carboxylic acids is 1. The van der Waals surface area contributed by atoms with E-state index in [1.807, 2.05) is 42.5 Å². The number of hydrogen-bond donors (Lipinski definition) is 2. The summed E-state index contributed by atoms with van der Waals surface area (Å²) in [6.07, 6.45) is 3.87. The molecule has 0 saturated carbocycles. The van der Waals surface area contributed by atoms with E-state index in [2.05, 4.69) is 10.2 Å². The fraction of sp³-hybridized carbons (Fsp3) is 0.421. The van der Waals surface area contributed by atoms with Crippen LogP contribution in [-0.4, -0.2) is 35.0 Å². The molecule has 128 valence electrons. The van der Waals surface area contributed by atoms with E-state index in [4.69, 9.17) is 4.42 Å². The molecule has 0 unspecified atom stereocenters. The molecule has 2 atom stereocenters. The molecule has 1 amide bonds. The van der Waals surface area contributed by atoms with Crippen LogP contribution in [0, 0.1) is 0 Å². The molecule has 2 aromatic rings. The van der Waals surface area contributed by atoms with Crippen molar-refractivity contribution in [2.75, 3.05) is 13.1 Å². The number of likely N-dealkylation sites (tertiary alicyclic amines) is 1. The van der Waals surface area contributed by atoms with E-state index in [-0.39, 0.29) is 11.9 Å². The van der Waals surface area contributed by atoms with Crippen molar-refractivity contribution in [1.82, 2.24) is 10.2 Å². The van der Waals surface area contributed by atoms with Crippen LogP contribution in [0.2, 0.25) is 0 Å². The number of carbonyl (C=O) groups is 1. The first-order chi connectivity index (χ1) is 11.7. The van der Waals surface area contributed by atoms with E-state index in [0.29, 0.717) is 19.5 Å². The van der Waals surface area contributed by atoms with Gasteiger partial charge in [0.15, 0.2) is 0 Å². The Hall–Kier alpha value is -2.11. The van der Waals surface area contributed by atoms with Gasteiger partial charge in [0.2, 0.25) is 5.91 Å². The monoisotopic (exact) mass is 328 g/mol. The Morgan fingerprint density at radius 2 is 2.12 bits per heavy atom. The molecule has 2 heterocycles. The van der Waals surface area contributed by atoms with Crippen molar-refractivity contribution in [1.29, 1.82) is 0 Å². The SMILES string of the molecule is O=C(CN1CCC[C@H]1C[C@H](O)c1ccccc1)NCc1ccco1. The van der Waals surface area contributed by atoms with Gasteiger partial charge in [-0.25, -0.2) is 0 Å². The Balaban J connectivity index is 1.48. The van der Waals surface area contributed by atoms with Crippen molar-refractivity contribution in [2.45, 2.75) is 38.0 Å². The summed E-state index contributed by atoms with van der Waals surface area (Å²) >= 11 is 0. The van der Waals surface area contributed by atoms with E-state index >= 15 is 0 Å². The lowest BCUT2D eigenvalue weighted by molar-refractivity contribution is -0.122. The van der Waals surface area contributed by atoms with Gasteiger partial charge in [-0.15, -0.1) is 0 Å². The normalized spacial score (nSPS) is 19.3. The highest BCUT2D eigenvalue weighted by atomic mass is 16.3. The summed E-state index contributed by atoms with van der Waals surface area (Å²) < 4.78 is 5.22. The van der Waals surface area contributed by atoms with Crippen LogP contribution in [0.25, 0.3) is 0 Å². The largest absolute Gasteiger partial charge is 0.467 e. The summed E-state index contributed by atoms with van der Waals surface area (Å²) in [6.45, 7) is 1.68. The molecule has 1 aromatic carbocycles. The van der Waals surface area contributed by atoms with Crippen molar-refractivity contribution in [3.63, 3.8) is 0 Å². The molecule has 1 fully saturated rings. The van der Waals surface area contributed by atoms with Gasteiger partial charge >= 0.3 is 0 Å². The Kier molecular flexibility index (Phi) is 5.67. The van der Waals surface area contributed by atoms with Gasteiger partial charge in [0.1, 0.15) is 5.76 Å². The van der Waals surface area contributed by atoms with Gasteiger partial charge in [0.25, 0.3) is 0 Å². The maximum Gasteiger partial charge on any atom is 0.234 e. The number of nitrogens with one attached hydrogen (secondary N) is 1. The van der Waals surface area contributed by atoms with Crippen molar-refractivity contribution in [2.24, 2.45) is 0 Å². The standard InChI is InChI=1S/C19H24N2O3/c22-18(15-6-2-1-3-7-15)12-16-8-4-10-21(16)14-19(23)20-13-17-9-5-11-24-17/h1-3,5-7,9,11,16,18,22H,4,8,10,12-14H2,(H,20,23)/t16-,18-/m0/s1. The summed E-state index contributed by atoms with van der Waals surface area (Å²) in [4.78, 5) is 14.3. The Bertz CT molecular complexity index is 627. The van der Waals surface area contributed by atoms with Gasteiger partial charge in [0, 0.05) is 6.04 Å². The lowest BCUT2D eigenvalue weighted by Gasteiger charge is -2.26. The summed E-state index contributed by atoms with van der Waals surface area (Å²) in [5.74, 6) is 0.744. The molecule has 2 N–H and O–H groups in total.